The topological polar surface area (TPSA) is 69.7 Å². The fourth-order valence-electron chi connectivity index (χ4n) is 5.09. The van der Waals surface area contributed by atoms with Crippen molar-refractivity contribution >= 4 is 15.4 Å². The van der Waals surface area contributed by atoms with E-state index in [0.717, 1.165) is 32.1 Å². The summed E-state index contributed by atoms with van der Waals surface area (Å²) >= 11 is 0. The molecule has 0 aromatic carbocycles. The molecule has 0 amide bonds. The van der Waals surface area contributed by atoms with Crippen LogP contribution in [0.15, 0.2) is 12.2 Å². The molecule has 0 aliphatic carbocycles. The lowest BCUT2D eigenvalue weighted by Gasteiger charge is -2.07. The molecule has 0 spiro atoms. The van der Waals surface area contributed by atoms with Crippen molar-refractivity contribution in [3.63, 3.8) is 0 Å². The molecule has 0 aromatic rings. The predicted molar refractivity (Wildman–Crippen MR) is 176 cm³/mol. The molecule has 0 saturated carbocycles. The summed E-state index contributed by atoms with van der Waals surface area (Å²) < 4.78 is 33.7. The highest BCUT2D eigenvalue weighted by Gasteiger charge is 2.24. The lowest BCUT2D eigenvalue weighted by Crippen LogP contribution is -2.20. The van der Waals surface area contributed by atoms with Crippen molar-refractivity contribution in [3.05, 3.63) is 12.2 Å². The molecule has 0 saturated heterocycles. The predicted octanol–water partition coefficient (Wildman–Crippen LogP) is 12.0. The SMILES string of the molecule is CCCCCCCC/C=C\CCCCCCCCOC(=O)S(=O)(=O)OCCCCCCCCCCCCCCCC. The summed E-state index contributed by atoms with van der Waals surface area (Å²) in [6, 6.07) is 0. The second-order valence-corrected chi connectivity index (χ2v) is 13.4. The lowest BCUT2D eigenvalue weighted by atomic mass is 10.0. The number of hydrogen-bond acceptors (Lipinski definition) is 5. The van der Waals surface area contributed by atoms with Crippen molar-refractivity contribution in [3.8, 4) is 0 Å². The Labute approximate surface area is 256 Å². The lowest BCUT2D eigenvalue weighted by molar-refractivity contribution is 0.163. The molecule has 0 unspecified atom stereocenters. The van der Waals surface area contributed by atoms with E-state index in [1.165, 1.54) is 135 Å². The Kier molecular flexibility index (Phi) is 31.4. The van der Waals surface area contributed by atoms with Crippen LogP contribution in [0.3, 0.4) is 0 Å². The zero-order chi connectivity index (χ0) is 30.1. The maximum absolute atomic E-state index is 12.0. The number of carbonyl (C=O) groups excluding carboxylic acids is 1. The second-order valence-electron chi connectivity index (χ2n) is 11.9. The summed E-state index contributed by atoms with van der Waals surface area (Å²) in [5.74, 6) is 0. The molecule has 0 bridgehead atoms. The van der Waals surface area contributed by atoms with E-state index < -0.39 is 15.4 Å². The maximum atomic E-state index is 12.0. The first-order valence-corrected chi connectivity index (χ1v) is 19.2. The van der Waals surface area contributed by atoms with Gasteiger partial charge >= 0.3 is 15.4 Å². The molecular weight excluding hydrogens is 532 g/mol. The van der Waals surface area contributed by atoms with E-state index in [0.29, 0.717) is 12.8 Å². The Morgan fingerprint density at radius 2 is 0.780 bits per heavy atom. The Balaban J connectivity index is 3.45. The van der Waals surface area contributed by atoms with Crippen LogP contribution in [0.1, 0.15) is 194 Å². The molecule has 0 rings (SSSR count). The van der Waals surface area contributed by atoms with Gasteiger partial charge in [-0.15, -0.1) is 0 Å². The number of ether oxygens (including phenoxy) is 1. The molecule has 0 N–H and O–H groups in total. The zero-order valence-corrected chi connectivity index (χ0v) is 28.1. The van der Waals surface area contributed by atoms with Gasteiger partial charge in [-0.05, 0) is 38.5 Å². The van der Waals surface area contributed by atoms with Gasteiger partial charge in [-0.1, -0.05) is 167 Å². The first-order valence-electron chi connectivity index (χ1n) is 17.8. The Morgan fingerprint density at radius 3 is 1.17 bits per heavy atom. The fraction of sp³-hybridized carbons (Fsp3) is 0.914. The second kappa shape index (κ2) is 32.0. The van der Waals surface area contributed by atoms with E-state index in [-0.39, 0.29) is 13.2 Å². The highest BCUT2D eigenvalue weighted by Crippen LogP contribution is 2.14. The normalized spacial score (nSPS) is 12.0. The molecule has 0 aliphatic heterocycles. The molecule has 41 heavy (non-hydrogen) atoms. The first-order chi connectivity index (χ1) is 20.0. The third kappa shape index (κ3) is 30.4. The summed E-state index contributed by atoms with van der Waals surface area (Å²) in [4.78, 5) is 11.9. The Morgan fingerprint density at radius 1 is 0.463 bits per heavy atom. The van der Waals surface area contributed by atoms with Gasteiger partial charge in [0.15, 0.2) is 0 Å². The molecule has 0 heterocycles. The molecule has 0 atom stereocenters. The van der Waals surface area contributed by atoms with Crippen LogP contribution in [0, 0.1) is 0 Å². The van der Waals surface area contributed by atoms with E-state index in [2.05, 4.69) is 26.0 Å². The first kappa shape index (κ1) is 40.1. The largest absolute Gasteiger partial charge is 0.452 e. The van der Waals surface area contributed by atoms with Gasteiger partial charge in [-0.3, -0.25) is 4.18 Å². The highest BCUT2D eigenvalue weighted by atomic mass is 32.2. The third-order valence-corrected chi connectivity index (χ3v) is 8.82. The number of unbranched alkanes of at least 4 members (excludes halogenated alkanes) is 25. The van der Waals surface area contributed by atoms with Crippen LogP contribution in [0.25, 0.3) is 0 Å². The van der Waals surface area contributed by atoms with Gasteiger partial charge in [-0.25, -0.2) is 4.79 Å². The maximum Gasteiger partial charge on any atom is 0.451 e. The number of carbonyl (C=O) groups is 1. The minimum Gasteiger partial charge on any atom is -0.452 e. The average Bonchev–Trinajstić information content (AvgIpc) is 2.96. The van der Waals surface area contributed by atoms with E-state index in [4.69, 9.17) is 8.92 Å². The van der Waals surface area contributed by atoms with Gasteiger partial charge in [0.25, 0.3) is 0 Å². The average molecular weight is 601 g/mol. The molecule has 0 aromatic heterocycles. The van der Waals surface area contributed by atoms with Crippen LogP contribution in [-0.2, 0) is 19.0 Å². The van der Waals surface area contributed by atoms with Crippen LogP contribution in [0.4, 0.5) is 4.79 Å². The van der Waals surface area contributed by atoms with Crippen molar-refractivity contribution in [1.29, 1.82) is 0 Å². The molecule has 0 radical (unpaired) electrons. The summed E-state index contributed by atoms with van der Waals surface area (Å²) in [7, 11) is -4.27. The summed E-state index contributed by atoms with van der Waals surface area (Å²) in [6.45, 7) is 4.71. The molecule has 5 nitrogen and oxygen atoms in total. The molecule has 0 aliphatic rings. The van der Waals surface area contributed by atoms with Crippen LogP contribution in [0.5, 0.6) is 0 Å². The van der Waals surface area contributed by atoms with Crippen molar-refractivity contribution in [2.75, 3.05) is 13.2 Å². The van der Waals surface area contributed by atoms with Crippen molar-refractivity contribution in [2.24, 2.45) is 0 Å². The number of rotatable bonds is 32. The quantitative estimate of drug-likeness (QED) is 0.0332. The van der Waals surface area contributed by atoms with Gasteiger partial charge in [0, 0.05) is 0 Å². The van der Waals surface area contributed by atoms with Gasteiger partial charge in [-0.2, -0.15) is 8.42 Å². The Hall–Kier alpha value is -0.880. The van der Waals surface area contributed by atoms with E-state index >= 15 is 0 Å². The number of allylic oxidation sites excluding steroid dienone is 2. The molecule has 6 heteroatoms. The molecule has 0 fully saturated rings. The van der Waals surface area contributed by atoms with Crippen LogP contribution < -0.4 is 0 Å². The van der Waals surface area contributed by atoms with E-state index in [1.807, 2.05) is 0 Å². The number of hydrogen-bond donors (Lipinski definition) is 0. The highest BCUT2D eigenvalue weighted by molar-refractivity contribution is 8.01. The fourth-order valence-corrected chi connectivity index (χ4v) is 5.75. The van der Waals surface area contributed by atoms with Crippen LogP contribution in [-0.4, -0.2) is 26.9 Å². The van der Waals surface area contributed by atoms with Gasteiger partial charge < -0.3 is 4.74 Å². The van der Waals surface area contributed by atoms with E-state index in [1.54, 1.807) is 0 Å². The van der Waals surface area contributed by atoms with E-state index in [9.17, 15) is 13.2 Å². The van der Waals surface area contributed by atoms with Gasteiger partial charge in [0.1, 0.15) is 0 Å². The minimum absolute atomic E-state index is 0.0592. The van der Waals surface area contributed by atoms with Crippen molar-refractivity contribution in [1.82, 2.24) is 0 Å². The zero-order valence-electron chi connectivity index (χ0n) is 27.3. The summed E-state index contributed by atoms with van der Waals surface area (Å²) in [5.41, 5.74) is 0. The van der Waals surface area contributed by atoms with Gasteiger partial charge in [0.2, 0.25) is 0 Å². The van der Waals surface area contributed by atoms with Gasteiger partial charge in [0.05, 0.1) is 13.2 Å². The minimum atomic E-state index is -4.27. The molecular formula is C35H68O5S. The van der Waals surface area contributed by atoms with Crippen LogP contribution >= 0.6 is 0 Å². The molecule has 244 valence electrons. The van der Waals surface area contributed by atoms with Crippen LogP contribution in [0.2, 0.25) is 0 Å². The smallest absolute Gasteiger partial charge is 0.451 e. The Bertz CT molecular complexity index is 674. The summed E-state index contributed by atoms with van der Waals surface area (Å²) in [6.07, 6.45) is 38.8. The van der Waals surface area contributed by atoms with Crippen molar-refractivity contribution in [2.45, 2.75) is 194 Å². The summed E-state index contributed by atoms with van der Waals surface area (Å²) in [5, 5.41) is -1.24. The standard InChI is InChI=1S/C35H68O5S/c1-3-5-7-9-11-13-15-17-19-20-21-23-25-27-29-31-33-39-35(36)41(37,38)40-34-32-30-28-26-24-22-18-16-14-12-10-8-6-4-2/h17,19H,3-16,18,20-34H2,1-2H3/b19-17-. The van der Waals surface area contributed by atoms with Crippen molar-refractivity contribution < 1.29 is 22.1 Å². The monoisotopic (exact) mass is 600 g/mol. The third-order valence-electron chi connectivity index (χ3n) is 7.82.